The zero-order valence-corrected chi connectivity index (χ0v) is 18.2. The predicted octanol–water partition coefficient (Wildman–Crippen LogP) is 5.52. The van der Waals surface area contributed by atoms with E-state index in [1.54, 1.807) is 23.5 Å². The van der Waals surface area contributed by atoms with Gasteiger partial charge in [-0.2, -0.15) is 0 Å². The van der Waals surface area contributed by atoms with Gasteiger partial charge in [-0.1, -0.05) is 6.07 Å². The van der Waals surface area contributed by atoms with Crippen molar-refractivity contribution in [1.29, 1.82) is 0 Å². The number of halogens is 1. The number of nitrogens with one attached hydrogen (secondary N) is 1. The molecule has 0 bridgehead atoms. The molecule has 2 aromatic heterocycles. The average Bonchev–Trinajstić information content (AvgIpc) is 3.24. The summed E-state index contributed by atoms with van der Waals surface area (Å²) in [4.78, 5) is 11.8. The molecule has 6 heteroatoms. The first-order valence-electron chi connectivity index (χ1n) is 11.0. The van der Waals surface area contributed by atoms with Gasteiger partial charge in [0.15, 0.2) is 0 Å². The largest absolute Gasteiger partial charge is 0.363 e. The number of hydrogen-bond acceptors (Lipinski definition) is 5. The number of rotatable bonds is 4. The molecule has 31 heavy (non-hydrogen) atoms. The Balaban J connectivity index is 1.33. The third-order valence-corrected chi connectivity index (χ3v) is 7.94. The number of hydrogen-bond donors (Lipinski definition) is 1. The van der Waals surface area contributed by atoms with Gasteiger partial charge in [-0.15, -0.1) is 11.3 Å². The van der Waals surface area contributed by atoms with Crippen LogP contribution in [0.25, 0.3) is 21.1 Å². The summed E-state index contributed by atoms with van der Waals surface area (Å²) in [7, 11) is 0. The minimum absolute atomic E-state index is 0.219. The summed E-state index contributed by atoms with van der Waals surface area (Å²) in [6.07, 6.45) is 4.99. The van der Waals surface area contributed by atoms with Gasteiger partial charge in [0, 0.05) is 30.2 Å². The molecule has 0 unspecified atom stereocenters. The Kier molecular flexibility index (Phi) is 4.65. The lowest BCUT2D eigenvalue weighted by atomic mass is 9.68. The van der Waals surface area contributed by atoms with Crippen LogP contribution in [0.2, 0.25) is 0 Å². The van der Waals surface area contributed by atoms with Crippen molar-refractivity contribution in [2.24, 2.45) is 5.41 Å². The van der Waals surface area contributed by atoms with Gasteiger partial charge < -0.3 is 10.2 Å². The summed E-state index contributed by atoms with van der Waals surface area (Å²) < 4.78 is 14.8. The van der Waals surface area contributed by atoms with Crippen LogP contribution in [0.15, 0.2) is 54.0 Å². The molecule has 2 aromatic carbocycles. The maximum absolute atomic E-state index is 13.6. The Morgan fingerprint density at radius 1 is 1.03 bits per heavy atom. The van der Waals surface area contributed by atoms with E-state index in [1.165, 1.54) is 55.2 Å². The highest BCUT2D eigenvalue weighted by atomic mass is 32.1. The topological polar surface area (TPSA) is 41.1 Å². The van der Waals surface area contributed by atoms with Gasteiger partial charge in [0.1, 0.15) is 5.82 Å². The predicted molar refractivity (Wildman–Crippen MR) is 125 cm³/mol. The Morgan fingerprint density at radius 2 is 1.87 bits per heavy atom. The summed E-state index contributed by atoms with van der Waals surface area (Å²) in [6.45, 7) is 3.11. The normalized spacial score (nSPS) is 18.5. The van der Waals surface area contributed by atoms with Crippen LogP contribution in [0.1, 0.15) is 31.4 Å². The molecule has 0 atom stereocenters. The molecule has 1 aliphatic carbocycles. The first kappa shape index (κ1) is 19.1. The molecule has 4 aromatic rings. The highest BCUT2D eigenvalue weighted by Crippen LogP contribution is 2.42. The standard InChI is InChI=1S/C25H25FN4S/c26-18-2-5-22-17(11-18)1-3-19(29-22)13-30(20-7-9-25(10-8-20)14-27-15-25)21-4-6-23-24(12-21)31-16-28-23/h1-6,11-12,16,20,27H,7-10,13-15H2. The van der Waals surface area contributed by atoms with E-state index in [1.807, 2.05) is 17.6 Å². The molecule has 1 saturated carbocycles. The van der Waals surface area contributed by atoms with Crippen molar-refractivity contribution >= 4 is 38.1 Å². The van der Waals surface area contributed by atoms with E-state index < -0.39 is 0 Å². The lowest BCUT2D eigenvalue weighted by molar-refractivity contribution is 0.0963. The fourth-order valence-corrected chi connectivity index (χ4v) is 5.92. The van der Waals surface area contributed by atoms with E-state index in [2.05, 4.69) is 33.4 Å². The fourth-order valence-electron chi connectivity index (χ4n) is 5.21. The van der Waals surface area contributed by atoms with Crippen LogP contribution in [-0.4, -0.2) is 29.1 Å². The first-order valence-corrected chi connectivity index (χ1v) is 11.9. The zero-order chi connectivity index (χ0) is 20.8. The van der Waals surface area contributed by atoms with E-state index >= 15 is 0 Å². The average molecular weight is 433 g/mol. The minimum atomic E-state index is -0.219. The quantitative estimate of drug-likeness (QED) is 0.461. The van der Waals surface area contributed by atoms with Crippen LogP contribution >= 0.6 is 11.3 Å². The molecule has 6 rings (SSSR count). The molecule has 1 saturated heterocycles. The van der Waals surface area contributed by atoms with Crippen LogP contribution < -0.4 is 10.2 Å². The molecule has 0 amide bonds. The van der Waals surface area contributed by atoms with Crippen molar-refractivity contribution in [2.75, 3.05) is 18.0 Å². The summed E-state index contributed by atoms with van der Waals surface area (Å²) in [5.41, 5.74) is 6.62. The number of fused-ring (bicyclic) bond motifs is 2. The van der Waals surface area contributed by atoms with Crippen molar-refractivity contribution < 1.29 is 4.39 Å². The molecule has 0 radical (unpaired) electrons. The van der Waals surface area contributed by atoms with Gasteiger partial charge in [0.05, 0.1) is 33.5 Å². The van der Waals surface area contributed by atoms with Crippen molar-refractivity contribution in [2.45, 2.75) is 38.3 Å². The first-order chi connectivity index (χ1) is 15.2. The van der Waals surface area contributed by atoms with Crippen molar-refractivity contribution in [3.05, 3.63) is 65.6 Å². The second kappa shape index (κ2) is 7.53. The summed E-state index contributed by atoms with van der Waals surface area (Å²) in [5, 5.41) is 4.32. The molecule has 1 N–H and O–H groups in total. The summed E-state index contributed by atoms with van der Waals surface area (Å²) in [5.74, 6) is -0.219. The zero-order valence-electron chi connectivity index (χ0n) is 17.4. The fraction of sp³-hybridized carbons (Fsp3) is 0.360. The highest BCUT2D eigenvalue weighted by Gasteiger charge is 2.41. The summed E-state index contributed by atoms with van der Waals surface area (Å²) >= 11 is 1.69. The highest BCUT2D eigenvalue weighted by molar-refractivity contribution is 7.16. The number of anilines is 1. The van der Waals surface area contributed by atoms with Crippen LogP contribution in [0.3, 0.4) is 0 Å². The molecule has 158 valence electrons. The van der Waals surface area contributed by atoms with Gasteiger partial charge >= 0.3 is 0 Å². The van der Waals surface area contributed by atoms with E-state index in [0.29, 0.717) is 11.5 Å². The second-order valence-corrected chi connectivity index (χ2v) is 9.99. The molecule has 4 nitrogen and oxygen atoms in total. The van der Waals surface area contributed by atoms with Crippen molar-refractivity contribution in [3.63, 3.8) is 0 Å². The Labute approximate surface area is 185 Å². The number of benzene rings is 2. The summed E-state index contributed by atoms with van der Waals surface area (Å²) in [6, 6.07) is 16.0. The maximum atomic E-state index is 13.6. The third kappa shape index (κ3) is 3.58. The molecule has 1 spiro atoms. The van der Waals surface area contributed by atoms with Gasteiger partial charge in [0.25, 0.3) is 0 Å². The molecule has 1 aliphatic heterocycles. The van der Waals surface area contributed by atoms with Gasteiger partial charge in [0.2, 0.25) is 0 Å². The molecule has 2 aliphatic rings. The second-order valence-electron chi connectivity index (χ2n) is 9.11. The SMILES string of the molecule is Fc1ccc2nc(CN(c3ccc4ncsc4c3)C3CCC4(CC3)CNC4)ccc2c1. The van der Waals surface area contributed by atoms with Crippen molar-refractivity contribution in [3.8, 4) is 0 Å². The van der Waals surface area contributed by atoms with E-state index in [4.69, 9.17) is 4.98 Å². The number of nitrogens with zero attached hydrogens (tertiary/aromatic N) is 3. The lowest BCUT2D eigenvalue weighted by Crippen LogP contribution is -2.56. The van der Waals surface area contributed by atoms with Gasteiger partial charge in [-0.3, -0.25) is 4.98 Å². The van der Waals surface area contributed by atoms with Crippen LogP contribution in [0, 0.1) is 11.2 Å². The Bertz CT molecular complexity index is 1240. The Hall–Kier alpha value is -2.57. The van der Waals surface area contributed by atoms with Gasteiger partial charge in [-0.05, 0) is 73.6 Å². The third-order valence-electron chi connectivity index (χ3n) is 7.14. The monoisotopic (exact) mass is 432 g/mol. The molecule has 3 heterocycles. The number of thiazole rings is 1. The minimum Gasteiger partial charge on any atom is -0.363 e. The van der Waals surface area contributed by atoms with Crippen molar-refractivity contribution in [1.82, 2.24) is 15.3 Å². The van der Waals surface area contributed by atoms with Crippen LogP contribution in [-0.2, 0) is 6.54 Å². The van der Waals surface area contributed by atoms with E-state index in [-0.39, 0.29) is 5.82 Å². The molecular weight excluding hydrogens is 407 g/mol. The molecule has 2 fully saturated rings. The lowest BCUT2D eigenvalue weighted by Gasteiger charge is -2.49. The maximum Gasteiger partial charge on any atom is 0.123 e. The van der Waals surface area contributed by atoms with Crippen LogP contribution in [0.5, 0.6) is 0 Å². The van der Waals surface area contributed by atoms with E-state index in [9.17, 15) is 4.39 Å². The van der Waals surface area contributed by atoms with Crippen LogP contribution in [0.4, 0.5) is 10.1 Å². The molecular formula is C25H25FN4S. The van der Waals surface area contributed by atoms with E-state index in [0.717, 1.165) is 28.7 Å². The number of pyridine rings is 1. The smallest absolute Gasteiger partial charge is 0.123 e. The number of aromatic nitrogens is 2. The van der Waals surface area contributed by atoms with Gasteiger partial charge in [-0.25, -0.2) is 9.37 Å². The Morgan fingerprint density at radius 3 is 2.68 bits per heavy atom.